The van der Waals surface area contributed by atoms with Gasteiger partial charge in [-0.15, -0.1) is 0 Å². The minimum Gasteiger partial charge on any atom is -0.508 e. The van der Waals surface area contributed by atoms with Crippen LogP contribution in [0.2, 0.25) is 0 Å². The van der Waals surface area contributed by atoms with Crippen LogP contribution in [0.1, 0.15) is 5.56 Å². The van der Waals surface area contributed by atoms with Gasteiger partial charge in [-0.3, -0.25) is 4.79 Å². The number of esters is 1. The van der Waals surface area contributed by atoms with Crippen LogP contribution in [0.3, 0.4) is 0 Å². The van der Waals surface area contributed by atoms with Gasteiger partial charge in [-0.05, 0) is 48.0 Å². The molecule has 19 nitrogen and oxygen atoms in total. The van der Waals surface area contributed by atoms with E-state index in [0.717, 1.165) is 18.2 Å². The molecule has 3 aromatic carbocycles. The van der Waals surface area contributed by atoms with Crippen LogP contribution in [0.25, 0.3) is 28.4 Å². The maximum atomic E-state index is 13.9. The molecule has 2 saturated heterocycles. The van der Waals surface area contributed by atoms with Gasteiger partial charge in [0, 0.05) is 23.8 Å². The molecule has 0 aliphatic carbocycles. The zero-order valence-electron chi connectivity index (χ0n) is 28.2. The molecule has 19 heteroatoms. The van der Waals surface area contributed by atoms with Crippen molar-refractivity contribution in [2.75, 3.05) is 13.2 Å². The second-order valence-electron chi connectivity index (χ2n) is 12.6. The molecule has 4 aromatic rings. The Balaban J connectivity index is 1.28. The zero-order chi connectivity index (χ0) is 39.7. The fraction of sp³-hybridized carbons (Fsp3) is 0.333. The molecule has 10 atom stereocenters. The van der Waals surface area contributed by atoms with Crippen molar-refractivity contribution in [3.63, 3.8) is 0 Å². The largest absolute Gasteiger partial charge is 0.508 e. The van der Waals surface area contributed by atoms with E-state index in [4.69, 9.17) is 28.1 Å². The number of hydrogen-bond donors (Lipinski definition) is 11. The standard InChI is InChI=1S/C36H36O19/c37-12-22-26(44)30(48)34(55-35-31(49)29(47)27(45)23(53-35)13-50-24(43)8-2-14-1-7-18(40)19(41)9-14)36(52-22)54-33-28(46)25-20(42)10-17(39)11-21(25)51-32(33)15-3-5-16(38)6-4-15/h1-11,22-23,26-27,29-31,34-42,44-45,47-49H,12-13H2/b8-2+/t22-,23+,26-,27+,29-,30+,31+,34+,35-,36-/m0/s1. The van der Waals surface area contributed by atoms with Crippen LogP contribution < -0.4 is 10.2 Å². The van der Waals surface area contributed by atoms with Gasteiger partial charge in [0.25, 0.3) is 0 Å². The van der Waals surface area contributed by atoms with Gasteiger partial charge < -0.3 is 84.3 Å². The molecule has 2 aliphatic heterocycles. The normalized spacial score (nSPS) is 28.3. The van der Waals surface area contributed by atoms with E-state index >= 15 is 0 Å². The number of carbonyl (C=O) groups excluding carboxylic acids is 1. The third kappa shape index (κ3) is 8.15. The summed E-state index contributed by atoms with van der Waals surface area (Å²) in [5.74, 6) is -4.13. The lowest BCUT2D eigenvalue weighted by molar-refractivity contribution is -0.358. The highest BCUT2D eigenvalue weighted by molar-refractivity contribution is 5.88. The number of aromatic hydroxyl groups is 5. The molecule has 0 saturated carbocycles. The third-order valence-electron chi connectivity index (χ3n) is 8.87. The number of aliphatic hydroxyl groups is 6. The highest BCUT2D eigenvalue weighted by atomic mass is 16.8. The highest BCUT2D eigenvalue weighted by Crippen LogP contribution is 2.38. The summed E-state index contributed by atoms with van der Waals surface area (Å²) in [6, 6.07) is 10.8. The summed E-state index contributed by atoms with van der Waals surface area (Å²) in [4.78, 5) is 26.3. The molecule has 0 bridgehead atoms. The fourth-order valence-corrected chi connectivity index (χ4v) is 5.93. The smallest absolute Gasteiger partial charge is 0.330 e. The van der Waals surface area contributed by atoms with Gasteiger partial charge in [-0.1, -0.05) is 6.07 Å². The number of fused-ring (bicyclic) bond motifs is 1. The average molecular weight is 773 g/mol. The van der Waals surface area contributed by atoms with Crippen molar-refractivity contribution in [2.45, 2.75) is 61.4 Å². The minimum absolute atomic E-state index is 0.124. The van der Waals surface area contributed by atoms with Crippen LogP contribution in [0, 0.1) is 0 Å². The Hall–Kier alpha value is -5.48. The summed E-state index contributed by atoms with van der Waals surface area (Å²) in [5.41, 5.74) is -0.876. The van der Waals surface area contributed by atoms with Gasteiger partial charge in [0.2, 0.25) is 17.5 Å². The monoisotopic (exact) mass is 772 g/mol. The Morgan fingerprint density at radius 1 is 0.727 bits per heavy atom. The lowest BCUT2D eigenvalue weighted by atomic mass is 9.97. The van der Waals surface area contributed by atoms with Crippen molar-refractivity contribution < 1.29 is 89.1 Å². The molecule has 0 amide bonds. The highest BCUT2D eigenvalue weighted by Gasteiger charge is 2.52. The number of phenolic OH excluding ortho intramolecular Hbond substituents is 5. The topological polar surface area (TPSA) is 316 Å². The van der Waals surface area contributed by atoms with Gasteiger partial charge in [-0.2, -0.15) is 0 Å². The second kappa shape index (κ2) is 16.1. The molecule has 0 radical (unpaired) electrons. The van der Waals surface area contributed by atoms with E-state index < -0.39 is 114 Å². The van der Waals surface area contributed by atoms with Crippen molar-refractivity contribution in [2.24, 2.45) is 0 Å². The lowest BCUT2D eigenvalue weighted by Gasteiger charge is -2.45. The molecular formula is C36H36O19. The number of benzene rings is 3. The van der Waals surface area contributed by atoms with Gasteiger partial charge in [0.1, 0.15) is 77.6 Å². The van der Waals surface area contributed by atoms with Crippen LogP contribution in [0.15, 0.2) is 69.9 Å². The molecule has 11 N–H and O–H groups in total. The van der Waals surface area contributed by atoms with Crippen LogP contribution in [-0.4, -0.2) is 137 Å². The summed E-state index contributed by atoms with van der Waals surface area (Å²) in [5, 5.41) is 113. The summed E-state index contributed by atoms with van der Waals surface area (Å²) in [6.07, 6.45) is -16.6. The van der Waals surface area contributed by atoms with Crippen molar-refractivity contribution >= 4 is 23.0 Å². The fourth-order valence-electron chi connectivity index (χ4n) is 5.93. The van der Waals surface area contributed by atoms with E-state index in [1.807, 2.05) is 0 Å². The van der Waals surface area contributed by atoms with Gasteiger partial charge >= 0.3 is 5.97 Å². The van der Waals surface area contributed by atoms with Crippen molar-refractivity contribution in [3.05, 3.63) is 76.5 Å². The van der Waals surface area contributed by atoms with Crippen molar-refractivity contribution in [1.82, 2.24) is 0 Å². The maximum Gasteiger partial charge on any atom is 0.330 e. The first-order valence-electron chi connectivity index (χ1n) is 16.5. The molecule has 0 spiro atoms. The number of aliphatic hydroxyl groups excluding tert-OH is 6. The lowest BCUT2D eigenvalue weighted by Crippen LogP contribution is -2.65. The van der Waals surface area contributed by atoms with E-state index in [-0.39, 0.29) is 28.4 Å². The summed E-state index contributed by atoms with van der Waals surface area (Å²) >= 11 is 0. The quantitative estimate of drug-likeness (QED) is 0.0537. The van der Waals surface area contributed by atoms with Crippen LogP contribution in [0.5, 0.6) is 34.5 Å². The predicted octanol–water partition coefficient (Wildman–Crippen LogP) is -0.745. The molecule has 1 aromatic heterocycles. The Morgan fingerprint density at radius 3 is 2.11 bits per heavy atom. The minimum atomic E-state index is -2.05. The van der Waals surface area contributed by atoms with E-state index in [0.29, 0.717) is 5.56 Å². The molecule has 3 heterocycles. The number of phenols is 5. The number of carbonyl (C=O) groups is 1. The first kappa shape index (κ1) is 39.2. The third-order valence-corrected chi connectivity index (χ3v) is 8.87. The van der Waals surface area contributed by atoms with Crippen LogP contribution in [-0.2, 0) is 23.7 Å². The Labute approximate surface area is 308 Å². The molecule has 294 valence electrons. The molecule has 6 rings (SSSR count). The van der Waals surface area contributed by atoms with E-state index in [2.05, 4.69) is 0 Å². The molecule has 2 aliphatic rings. The number of rotatable bonds is 10. The molecular weight excluding hydrogens is 736 g/mol. The van der Waals surface area contributed by atoms with Gasteiger partial charge in [-0.25, -0.2) is 4.79 Å². The second-order valence-corrected chi connectivity index (χ2v) is 12.6. The zero-order valence-corrected chi connectivity index (χ0v) is 28.2. The van der Waals surface area contributed by atoms with Gasteiger partial charge in [0.05, 0.1) is 6.61 Å². The summed E-state index contributed by atoms with van der Waals surface area (Å²) in [7, 11) is 0. The van der Waals surface area contributed by atoms with Crippen molar-refractivity contribution in [3.8, 4) is 45.8 Å². The first-order valence-corrected chi connectivity index (χ1v) is 16.5. The molecule has 55 heavy (non-hydrogen) atoms. The van der Waals surface area contributed by atoms with Crippen LogP contribution >= 0.6 is 0 Å². The molecule has 2 fully saturated rings. The van der Waals surface area contributed by atoms with E-state index in [9.17, 15) is 65.8 Å². The average Bonchev–Trinajstić information content (AvgIpc) is 3.15. The first-order chi connectivity index (χ1) is 26.2. The van der Waals surface area contributed by atoms with E-state index in [1.165, 1.54) is 48.5 Å². The van der Waals surface area contributed by atoms with Gasteiger partial charge in [0.15, 0.2) is 29.7 Å². The van der Waals surface area contributed by atoms with Crippen molar-refractivity contribution in [1.29, 1.82) is 0 Å². The number of ether oxygens (including phenoxy) is 5. The molecule has 0 unspecified atom stereocenters. The summed E-state index contributed by atoms with van der Waals surface area (Å²) < 4.78 is 34.0. The maximum absolute atomic E-state index is 13.9. The summed E-state index contributed by atoms with van der Waals surface area (Å²) in [6.45, 7) is -1.61. The Morgan fingerprint density at radius 2 is 1.42 bits per heavy atom. The van der Waals surface area contributed by atoms with E-state index in [1.54, 1.807) is 0 Å². The van der Waals surface area contributed by atoms with Crippen LogP contribution in [0.4, 0.5) is 0 Å². The predicted molar refractivity (Wildman–Crippen MR) is 183 cm³/mol. The Kier molecular flexibility index (Phi) is 11.5. The SMILES string of the molecule is O=C(/C=C/c1ccc(O)c(O)c1)OC[C@H]1O[C@@H](O[C@H]2[C@H](Oc3c(-c4ccc(O)cc4)oc4cc(O)cc(O)c4c3=O)O[C@@H](CO)[C@H](O)[C@H]2O)[C@H](O)[C@@H](O)[C@@H]1O. The number of hydrogen-bond acceptors (Lipinski definition) is 19. The Bertz CT molecular complexity index is 2100.